The third-order valence-corrected chi connectivity index (χ3v) is 6.22. The quantitative estimate of drug-likeness (QED) is 0.437. The van der Waals surface area contributed by atoms with Crippen molar-refractivity contribution in [1.29, 1.82) is 0 Å². The van der Waals surface area contributed by atoms with E-state index in [4.69, 9.17) is 4.74 Å². The average Bonchev–Trinajstić information content (AvgIpc) is 3.24. The SMILES string of the molecule is CCNC(=NCC1(O)CCSC1)NCCC(OCC)C1CCCC1. The molecular formula is C18H35N3O2S. The van der Waals surface area contributed by atoms with E-state index in [1.54, 1.807) is 0 Å². The largest absolute Gasteiger partial charge is 0.387 e. The molecule has 140 valence electrons. The summed E-state index contributed by atoms with van der Waals surface area (Å²) in [5, 5.41) is 17.1. The Hall–Kier alpha value is -0.460. The molecule has 2 atom stereocenters. The molecule has 2 rings (SSSR count). The molecule has 0 bridgehead atoms. The molecule has 0 radical (unpaired) electrons. The van der Waals surface area contributed by atoms with Gasteiger partial charge in [-0.2, -0.15) is 11.8 Å². The lowest BCUT2D eigenvalue weighted by Crippen LogP contribution is -2.41. The van der Waals surface area contributed by atoms with Crippen LogP contribution in [0.2, 0.25) is 0 Å². The second kappa shape index (κ2) is 10.5. The second-order valence-corrected chi connectivity index (χ2v) is 8.08. The molecule has 1 aliphatic heterocycles. The first-order valence-corrected chi connectivity index (χ1v) is 10.8. The summed E-state index contributed by atoms with van der Waals surface area (Å²) in [4.78, 5) is 4.60. The van der Waals surface area contributed by atoms with Crippen LogP contribution in [0.1, 0.15) is 52.4 Å². The van der Waals surface area contributed by atoms with E-state index in [0.29, 0.717) is 12.6 Å². The molecule has 1 saturated carbocycles. The fraction of sp³-hybridized carbons (Fsp3) is 0.944. The van der Waals surface area contributed by atoms with Gasteiger partial charge in [0.1, 0.15) is 0 Å². The highest BCUT2D eigenvalue weighted by Crippen LogP contribution is 2.30. The highest BCUT2D eigenvalue weighted by molar-refractivity contribution is 7.99. The van der Waals surface area contributed by atoms with Gasteiger partial charge in [-0.05, 0) is 51.2 Å². The average molecular weight is 358 g/mol. The molecule has 6 heteroatoms. The van der Waals surface area contributed by atoms with E-state index < -0.39 is 5.60 Å². The van der Waals surface area contributed by atoms with Crippen molar-refractivity contribution in [3.63, 3.8) is 0 Å². The van der Waals surface area contributed by atoms with E-state index in [1.165, 1.54) is 25.7 Å². The summed E-state index contributed by atoms with van der Waals surface area (Å²) in [7, 11) is 0. The van der Waals surface area contributed by atoms with Crippen molar-refractivity contribution in [2.24, 2.45) is 10.9 Å². The summed E-state index contributed by atoms with van der Waals surface area (Å²) in [5.74, 6) is 3.37. The van der Waals surface area contributed by atoms with Crippen molar-refractivity contribution >= 4 is 17.7 Å². The van der Waals surface area contributed by atoms with Gasteiger partial charge < -0.3 is 20.5 Å². The third kappa shape index (κ3) is 6.45. The summed E-state index contributed by atoms with van der Waals surface area (Å²) in [6, 6.07) is 0. The van der Waals surface area contributed by atoms with Gasteiger partial charge in [0, 0.05) is 25.4 Å². The van der Waals surface area contributed by atoms with Crippen LogP contribution in [0.5, 0.6) is 0 Å². The van der Waals surface area contributed by atoms with E-state index >= 15 is 0 Å². The van der Waals surface area contributed by atoms with Crippen molar-refractivity contribution in [1.82, 2.24) is 10.6 Å². The van der Waals surface area contributed by atoms with Gasteiger partial charge >= 0.3 is 0 Å². The molecule has 0 aromatic heterocycles. The van der Waals surface area contributed by atoms with E-state index in [2.05, 4.69) is 29.5 Å². The lowest BCUT2D eigenvalue weighted by molar-refractivity contribution is 0.0169. The van der Waals surface area contributed by atoms with Crippen LogP contribution < -0.4 is 10.6 Å². The first kappa shape index (κ1) is 19.9. The van der Waals surface area contributed by atoms with Crippen LogP contribution in [0.25, 0.3) is 0 Å². The highest BCUT2D eigenvalue weighted by Gasteiger charge is 2.31. The number of ether oxygens (including phenoxy) is 1. The number of hydrogen-bond acceptors (Lipinski definition) is 4. The number of guanidine groups is 1. The molecule has 0 aromatic carbocycles. The van der Waals surface area contributed by atoms with Gasteiger partial charge in [0.2, 0.25) is 0 Å². The number of nitrogens with zero attached hydrogens (tertiary/aromatic N) is 1. The molecule has 0 aromatic rings. The summed E-state index contributed by atoms with van der Waals surface area (Å²) in [5.41, 5.74) is -0.620. The van der Waals surface area contributed by atoms with Gasteiger partial charge in [-0.3, -0.25) is 4.99 Å². The molecule has 0 spiro atoms. The summed E-state index contributed by atoms with van der Waals surface area (Å²) in [6.45, 7) is 7.11. The molecule has 1 heterocycles. The Morgan fingerprint density at radius 1 is 1.33 bits per heavy atom. The Morgan fingerprint density at radius 2 is 2.12 bits per heavy atom. The Labute approximate surface area is 151 Å². The normalized spacial score (nSPS) is 26.7. The number of nitrogens with one attached hydrogen (secondary N) is 2. The molecular weight excluding hydrogens is 322 g/mol. The van der Waals surface area contributed by atoms with Crippen LogP contribution in [-0.4, -0.2) is 60.5 Å². The first-order chi connectivity index (χ1) is 11.7. The molecule has 2 unspecified atom stereocenters. The summed E-state index contributed by atoms with van der Waals surface area (Å²) < 4.78 is 5.98. The Balaban J connectivity index is 1.78. The number of hydrogen-bond donors (Lipinski definition) is 3. The number of thioether (sulfide) groups is 1. The van der Waals surface area contributed by atoms with Crippen molar-refractivity contribution in [2.75, 3.05) is 37.7 Å². The van der Waals surface area contributed by atoms with Gasteiger partial charge in [-0.15, -0.1) is 0 Å². The Morgan fingerprint density at radius 3 is 2.75 bits per heavy atom. The van der Waals surface area contributed by atoms with Crippen LogP contribution >= 0.6 is 11.8 Å². The van der Waals surface area contributed by atoms with Crippen LogP contribution in [0, 0.1) is 5.92 Å². The fourth-order valence-corrected chi connectivity index (χ4v) is 4.90. The van der Waals surface area contributed by atoms with Crippen LogP contribution in [-0.2, 0) is 4.74 Å². The molecule has 24 heavy (non-hydrogen) atoms. The maximum absolute atomic E-state index is 10.4. The predicted octanol–water partition coefficient (Wildman–Crippen LogP) is 2.39. The van der Waals surface area contributed by atoms with Gasteiger partial charge in [0.25, 0.3) is 0 Å². The third-order valence-electron chi connectivity index (χ3n) is 4.99. The standard InChI is InChI=1S/C18H35N3O2S/c1-3-19-17(21-13-18(22)10-12-24-14-18)20-11-9-16(23-4-2)15-7-5-6-8-15/h15-16,22H,3-14H2,1-2H3,(H2,19,20,21). The zero-order valence-corrected chi connectivity index (χ0v) is 16.2. The minimum atomic E-state index is -0.620. The van der Waals surface area contributed by atoms with Gasteiger partial charge in [0.05, 0.1) is 18.2 Å². The lowest BCUT2D eigenvalue weighted by atomic mass is 9.98. The van der Waals surface area contributed by atoms with E-state index in [1.807, 2.05) is 11.8 Å². The van der Waals surface area contributed by atoms with Crippen LogP contribution in [0.3, 0.4) is 0 Å². The van der Waals surface area contributed by atoms with E-state index in [-0.39, 0.29) is 0 Å². The Kier molecular flexibility index (Phi) is 8.70. The van der Waals surface area contributed by atoms with E-state index in [9.17, 15) is 5.11 Å². The highest BCUT2D eigenvalue weighted by atomic mass is 32.2. The van der Waals surface area contributed by atoms with Crippen molar-refractivity contribution in [2.45, 2.75) is 64.1 Å². The topological polar surface area (TPSA) is 65.9 Å². The smallest absolute Gasteiger partial charge is 0.191 e. The van der Waals surface area contributed by atoms with Crippen molar-refractivity contribution in [3.05, 3.63) is 0 Å². The molecule has 1 saturated heterocycles. The van der Waals surface area contributed by atoms with Crippen molar-refractivity contribution in [3.8, 4) is 0 Å². The number of aliphatic hydroxyl groups is 1. The molecule has 2 fully saturated rings. The zero-order chi connectivity index (χ0) is 17.3. The number of aliphatic imine (C=N–C) groups is 1. The Bertz CT molecular complexity index is 380. The predicted molar refractivity (Wildman–Crippen MR) is 103 cm³/mol. The maximum Gasteiger partial charge on any atom is 0.191 e. The summed E-state index contributed by atoms with van der Waals surface area (Å²) >= 11 is 1.81. The molecule has 2 aliphatic rings. The van der Waals surface area contributed by atoms with Gasteiger partial charge in [-0.25, -0.2) is 0 Å². The van der Waals surface area contributed by atoms with Gasteiger partial charge in [-0.1, -0.05) is 12.8 Å². The van der Waals surface area contributed by atoms with E-state index in [0.717, 1.165) is 55.9 Å². The minimum absolute atomic E-state index is 0.364. The maximum atomic E-state index is 10.4. The first-order valence-electron chi connectivity index (χ1n) is 9.61. The molecule has 1 aliphatic carbocycles. The van der Waals surface area contributed by atoms with Gasteiger partial charge in [0.15, 0.2) is 5.96 Å². The number of rotatable bonds is 9. The monoisotopic (exact) mass is 357 g/mol. The molecule has 5 nitrogen and oxygen atoms in total. The zero-order valence-electron chi connectivity index (χ0n) is 15.4. The second-order valence-electron chi connectivity index (χ2n) is 6.98. The molecule has 3 N–H and O–H groups in total. The molecule has 0 amide bonds. The van der Waals surface area contributed by atoms with Crippen molar-refractivity contribution < 1.29 is 9.84 Å². The fourth-order valence-electron chi connectivity index (χ4n) is 3.62. The lowest BCUT2D eigenvalue weighted by Gasteiger charge is -2.24. The van der Waals surface area contributed by atoms with Crippen LogP contribution in [0.15, 0.2) is 4.99 Å². The minimum Gasteiger partial charge on any atom is -0.387 e. The summed E-state index contributed by atoms with van der Waals surface area (Å²) in [6.07, 6.45) is 7.54. The van der Waals surface area contributed by atoms with Crippen LogP contribution in [0.4, 0.5) is 0 Å².